The molecule has 1 saturated heterocycles. The molecule has 2 aromatic rings. The molecule has 1 unspecified atom stereocenters. The number of rotatable bonds is 2. The zero-order valence-electron chi connectivity index (χ0n) is 10.5. The lowest BCUT2D eigenvalue weighted by atomic mass is 10.1. The van der Waals surface area contributed by atoms with Gasteiger partial charge in [-0.2, -0.15) is 24.9 Å². The van der Waals surface area contributed by atoms with Gasteiger partial charge in [0.1, 0.15) is 0 Å². The summed E-state index contributed by atoms with van der Waals surface area (Å²) in [4.78, 5) is 14.5. The van der Waals surface area contributed by atoms with Gasteiger partial charge in [-0.05, 0) is 36.0 Å². The molecule has 1 aliphatic heterocycles. The van der Waals surface area contributed by atoms with E-state index in [4.69, 9.17) is 0 Å². The number of benzene rings is 1. The van der Waals surface area contributed by atoms with Crippen LogP contribution < -0.4 is 5.69 Å². The Morgan fingerprint density at radius 1 is 1.40 bits per heavy atom. The standard InChI is InChI=1S/C13H13F3N2OS/c14-13(15,16)9-2-1-3-10-11(9)18(12(19)17-10)6-8-4-5-20-7-8/h1-3,8H,4-7H2,(H,17,19). The molecule has 1 fully saturated rings. The van der Waals surface area contributed by atoms with Crippen LogP contribution in [0.1, 0.15) is 12.0 Å². The number of hydrogen-bond donors (Lipinski definition) is 1. The van der Waals surface area contributed by atoms with E-state index < -0.39 is 17.4 Å². The molecule has 2 heterocycles. The van der Waals surface area contributed by atoms with Gasteiger partial charge in [0.15, 0.2) is 0 Å². The van der Waals surface area contributed by atoms with Crippen LogP contribution in [0.2, 0.25) is 0 Å². The van der Waals surface area contributed by atoms with Gasteiger partial charge < -0.3 is 4.98 Å². The summed E-state index contributed by atoms with van der Waals surface area (Å²) in [5.74, 6) is 2.17. The van der Waals surface area contributed by atoms with Gasteiger partial charge in [0.05, 0.1) is 16.6 Å². The van der Waals surface area contributed by atoms with Crippen molar-refractivity contribution >= 4 is 22.8 Å². The van der Waals surface area contributed by atoms with Gasteiger partial charge in [0.25, 0.3) is 0 Å². The highest BCUT2D eigenvalue weighted by Crippen LogP contribution is 2.34. The topological polar surface area (TPSA) is 37.8 Å². The SMILES string of the molecule is O=c1[nH]c2cccc(C(F)(F)F)c2n1CC1CCSC1. The molecule has 7 heteroatoms. The van der Waals surface area contributed by atoms with Crippen LogP contribution in [0.3, 0.4) is 0 Å². The Bertz CT molecular complexity index is 683. The molecule has 1 aromatic carbocycles. The average Bonchev–Trinajstić information content (AvgIpc) is 2.97. The summed E-state index contributed by atoms with van der Waals surface area (Å²) < 4.78 is 40.5. The number of alkyl halides is 3. The number of H-pyrrole nitrogens is 1. The Morgan fingerprint density at radius 3 is 2.85 bits per heavy atom. The maximum atomic E-state index is 13.1. The Balaban J connectivity index is 2.14. The minimum atomic E-state index is -4.46. The second kappa shape index (κ2) is 4.87. The second-order valence-electron chi connectivity index (χ2n) is 4.97. The number of aromatic amines is 1. The van der Waals surface area contributed by atoms with Crippen LogP contribution in [0.5, 0.6) is 0 Å². The fourth-order valence-electron chi connectivity index (χ4n) is 2.61. The van der Waals surface area contributed by atoms with E-state index in [0.29, 0.717) is 6.54 Å². The second-order valence-corrected chi connectivity index (χ2v) is 6.12. The van der Waals surface area contributed by atoms with E-state index in [1.807, 2.05) is 0 Å². The zero-order chi connectivity index (χ0) is 14.3. The number of nitrogens with zero attached hydrogens (tertiary/aromatic N) is 1. The molecule has 0 radical (unpaired) electrons. The first kappa shape index (κ1) is 13.6. The summed E-state index contributed by atoms with van der Waals surface area (Å²) in [6.07, 6.45) is -3.52. The lowest BCUT2D eigenvalue weighted by Crippen LogP contribution is -2.22. The fourth-order valence-corrected chi connectivity index (χ4v) is 3.88. The highest BCUT2D eigenvalue weighted by atomic mass is 32.2. The van der Waals surface area contributed by atoms with Crippen LogP contribution in [0.25, 0.3) is 11.0 Å². The van der Waals surface area contributed by atoms with Gasteiger partial charge in [-0.15, -0.1) is 0 Å². The number of fused-ring (bicyclic) bond motifs is 1. The first-order valence-electron chi connectivity index (χ1n) is 6.33. The van der Waals surface area contributed by atoms with E-state index >= 15 is 0 Å². The van der Waals surface area contributed by atoms with Gasteiger partial charge in [0.2, 0.25) is 0 Å². The van der Waals surface area contributed by atoms with E-state index in [1.54, 1.807) is 11.8 Å². The van der Waals surface area contributed by atoms with Crippen molar-refractivity contribution in [1.29, 1.82) is 0 Å². The predicted octanol–water partition coefficient (Wildman–Crippen LogP) is 3.10. The lowest BCUT2D eigenvalue weighted by Gasteiger charge is -2.13. The molecular weight excluding hydrogens is 289 g/mol. The number of nitrogens with one attached hydrogen (secondary N) is 1. The van der Waals surface area contributed by atoms with E-state index in [9.17, 15) is 18.0 Å². The molecule has 20 heavy (non-hydrogen) atoms. The number of hydrogen-bond acceptors (Lipinski definition) is 2. The highest BCUT2D eigenvalue weighted by Gasteiger charge is 2.34. The van der Waals surface area contributed by atoms with Gasteiger partial charge >= 0.3 is 11.9 Å². The number of para-hydroxylation sites is 1. The van der Waals surface area contributed by atoms with E-state index in [2.05, 4.69) is 4.98 Å². The molecule has 108 valence electrons. The number of halogens is 3. The molecule has 1 aliphatic rings. The molecule has 3 rings (SSSR count). The van der Waals surface area contributed by atoms with Crippen molar-refractivity contribution in [1.82, 2.24) is 9.55 Å². The summed E-state index contributed by atoms with van der Waals surface area (Å²) in [7, 11) is 0. The summed E-state index contributed by atoms with van der Waals surface area (Å²) in [5.41, 5.74) is -0.995. The molecule has 0 spiro atoms. The van der Waals surface area contributed by atoms with Crippen LogP contribution in [-0.4, -0.2) is 21.1 Å². The van der Waals surface area contributed by atoms with E-state index in [0.717, 1.165) is 24.0 Å². The summed E-state index contributed by atoms with van der Waals surface area (Å²) in [6, 6.07) is 3.85. The monoisotopic (exact) mass is 302 g/mol. The van der Waals surface area contributed by atoms with Crippen molar-refractivity contribution in [3.63, 3.8) is 0 Å². The Kier molecular flexibility index (Phi) is 3.32. The number of aromatic nitrogens is 2. The largest absolute Gasteiger partial charge is 0.418 e. The van der Waals surface area contributed by atoms with Crippen molar-refractivity contribution in [2.75, 3.05) is 11.5 Å². The zero-order valence-corrected chi connectivity index (χ0v) is 11.4. The predicted molar refractivity (Wildman–Crippen MR) is 73.0 cm³/mol. The Hall–Kier alpha value is -1.37. The van der Waals surface area contributed by atoms with Gasteiger partial charge in [0, 0.05) is 6.54 Å². The molecular formula is C13H13F3N2OS. The summed E-state index contributed by atoms with van der Waals surface area (Å²) >= 11 is 1.78. The van der Waals surface area contributed by atoms with Crippen LogP contribution in [0.4, 0.5) is 13.2 Å². The van der Waals surface area contributed by atoms with Crippen LogP contribution in [-0.2, 0) is 12.7 Å². The van der Waals surface area contributed by atoms with Crippen molar-refractivity contribution < 1.29 is 13.2 Å². The van der Waals surface area contributed by atoms with Crippen LogP contribution >= 0.6 is 11.8 Å². The molecule has 1 N–H and O–H groups in total. The maximum absolute atomic E-state index is 13.1. The van der Waals surface area contributed by atoms with E-state index in [1.165, 1.54) is 16.7 Å². The van der Waals surface area contributed by atoms with Gasteiger partial charge in [-0.25, -0.2) is 4.79 Å². The number of imidazole rings is 1. The summed E-state index contributed by atoms with van der Waals surface area (Å²) in [6.45, 7) is 0.346. The molecule has 1 atom stereocenters. The Morgan fingerprint density at radius 2 is 2.20 bits per heavy atom. The molecule has 3 nitrogen and oxygen atoms in total. The smallest absolute Gasteiger partial charge is 0.306 e. The van der Waals surface area contributed by atoms with Crippen LogP contribution in [0, 0.1) is 5.92 Å². The van der Waals surface area contributed by atoms with Gasteiger partial charge in [-0.1, -0.05) is 6.07 Å². The lowest BCUT2D eigenvalue weighted by molar-refractivity contribution is -0.136. The third-order valence-corrected chi connectivity index (χ3v) is 4.79. The first-order chi connectivity index (χ1) is 9.47. The van der Waals surface area contributed by atoms with Crippen molar-refractivity contribution in [2.24, 2.45) is 5.92 Å². The molecule has 0 amide bonds. The first-order valence-corrected chi connectivity index (χ1v) is 7.49. The molecule has 0 aliphatic carbocycles. The van der Waals surface area contributed by atoms with Crippen molar-refractivity contribution in [2.45, 2.75) is 19.1 Å². The number of thioether (sulfide) groups is 1. The fraction of sp³-hybridized carbons (Fsp3) is 0.462. The normalized spacial score (nSPS) is 19.9. The minimum absolute atomic E-state index is 0.0260. The third-order valence-electron chi connectivity index (χ3n) is 3.56. The molecule has 1 aromatic heterocycles. The van der Waals surface area contributed by atoms with Gasteiger partial charge in [-0.3, -0.25) is 4.57 Å². The molecule has 0 bridgehead atoms. The Labute approximate surface area is 117 Å². The minimum Gasteiger partial charge on any atom is -0.306 e. The molecule has 0 saturated carbocycles. The van der Waals surface area contributed by atoms with Crippen LogP contribution in [0.15, 0.2) is 23.0 Å². The maximum Gasteiger partial charge on any atom is 0.418 e. The van der Waals surface area contributed by atoms with E-state index in [-0.39, 0.29) is 17.0 Å². The summed E-state index contributed by atoms with van der Waals surface area (Å²) in [5, 5.41) is 0. The third kappa shape index (κ3) is 2.34. The highest BCUT2D eigenvalue weighted by molar-refractivity contribution is 7.99. The van der Waals surface area contributed by atoms with Crippen molar-refractivity contribution in [3.8, 4) is 0 Å². The quantitative estimate of drug-likeness (QED) is 0.925. The van der Waals surface area contributed by atoms with Crippen molar-refractivity contribution in [3.05, 3.63) is 34.2 Å². The average molecular weight is 302 g/mol.